The molecule has 0 amide bonds. The molecule has 0 heterocycles. The van der Waals surface area contributed by atoms with Crippen LogP contribution in [0.15, 0.2) is 0 Å². The molecule has 0 unspecified atom stereocenters. The summed E-state index contributed by atoms with van der Waals surface area (Å²) in [4.78, 5) is 0. The number of nitrogens with one attached hydrogen (secondary N) is 1. The van der Waals surface area contributed by atoms with Crippen LogP contribution in [0.25, 0.3) is 0 Å². The summed E-state index contributed by atoms with van der Waals surface area (Å²) in [6.45, 7) is 2.10. The highest BCUT2D eigenvalue weighted by Crippen LogP contribution is 2.48. The van der Waals surface area contributed by atoms with Crippen molar-refractivity contribution in [2.45, 2.75) is 45.1 Å². The summed E-state index contributed by atoms with van der Waals surface area (Å²) in [6, 6.07) is -0.0133. The molecule has 2 N–H and O–H groups in total. The summed E-state index contributed by atoms with van der Waals surface area (Å²) in [5, 5.41) is 9.40. The van der Waals surface area contributed by atoms with E-state index in [0.717, 1.165) is 25.7 Å². The molecular formula is C12H23NO3S. The van der Waals surface area contributed by atoms with E-state index < -0.39 is 10.0 Å². The van der Waals surface area contributed by atoms with Gasteiger partial charge in [0.15, 0.2) is 0 Å². The van der Waals surface area contributed by atoms with Crippen molar-refractivity contribution < 1.29 is 13.5 Å². The Morgan fingerprint density at radius 3 is 2.65 bits per heavy atom. The number of aliphatic hydroxyl groups is 1. The average Bonchev–Trinajstić information content (AvgIpc) is 2.86. The van der Waals surface area contributed by atoms with Crippen LogP contribution in [-0.4, -0.2) is 31.9 Å². The maximum absolute atomic E-state index is 11.9. The number of aliphatic hydroxyl groups excluding tert-OH is 1. The van der Waals surface area contributed by atoms with Crippen molar-refractivity contribution in [2.75, 3.05) is 12.4 Å². The molecule has 5 heteroatoms. The summed E-state index contributed by atoms with van der Waals surface area (Å²) >= 11 is 0. The molecule has 0 aromatic heterocycles. The van der Waals surface area contributed by atoms with E-state index in [-0.39, 0.29) is 24.3 Å². The zero-order chi connectivity index (χ0) is 12.5. The number of hydrogen-bond acceptors (Lipinski definition) is 3. The highest BCUT2D eigenvalue weighted by molar-refractivity contribution is 7.89. The Balaban J connectivity index is 1.98. The molecular weight excluding hydrogens is 238 g/mol. The van der Waals surface area contributed by atoms with Crippen LogP contribution >= 0.6 is 0 Å². The zero-order valence-corrected chi connectivity index (χ0v) is 11.2. The first-order valence-corrected chi connectivity index (χ1v) is 8.33. The molecule has 4 atom stereocenters. The molecule has 0 spiro atoms. The number of fused-ring (bicyclic) bond motifs is 2. The standard InChI is InChI=1S/C12H23NO3S/c1-2-3-6-17(15,16)13-12-10-5-4-9(7-10)11(12)8-14/h9-14H,2-8H2,1H3/t9-,10-,11-,12+/m0/s1. The maximum Gasteiger partial charge on any atom is 0.211 e. The van der Waals surface area contributed by atoms with E-state index >= 15 is 0 Å². The fourth-order valence-electron chi connectivity index (χ4n) is 3.46. The molecule has 2 fully saturated rings. The van der Waals surface area contributed by atoms with Gasteiger partial charge in [0, 0.05) is 18.6 Å². The summed E-state index contributed by atoms with van der Waals surface area (Å²) < 4.78 is 26.6. The monoisotopic (exact) mass is 261 g/mol. The van der Waals surface area contributed by atoms with E-state index in [1.54, 1.807) is 0 Å². The van der Waals surface area contributed by atoms with Crippen LogP contribution in [0.4, 0.5) is 0 Å². The minimum Gasteiger partial charge on any atom is -0.396 e. The predicted octanol–water partition coefficient (Wildman–Crippen LogP) is 1.11. The van der Waals surface area contributed by atoms with Crippen LogP contribution < -0.4 is 4.72 Å². The van der Waals surface area contributed by atoms with Gasteiger partial charge >= 0.3 is 0 Å². The molecule has 4 nitrogen and oxygen atoms in total. The van der Waals surface area contributed by atoms with E-state index in [1.807, 2.05) is 6.92 Å². The second kappa shape index (κ2) is 5.24. The van der Waals surface area contributed by atoms with Crippen LogP contribution in [-0.2, 0) is 10.0 Å². The molecule has 2 saturated carbocycles. The van der Waals surface area contributed by atoms with Gasteiger partial charge in [-0.05, 0) is 37.5 Å². The third-order valence-electron chi connectivity index (χ3n) is 4.38. The van der Waals surface area contributed by atoms with Crippen LogP contribution in [0.5, 0.6) is 0 Å². The zero-order valence-electron chi connectivity index (χ0n) is 10.4. The van der Waals surface area contributed by atoms with Gasteiger partial charge in [-0.25, -0.2) is 13.1 Å². The smallest absolute Gasteiger partial charge is 0.211 e. The lowest BCUT2D eigenvalue weighted by molar-refractivity contribution is 0.153. The Labute approximate surface area is 104 Å². The van der Waals surface area contributed by atoms with E-state index in [4.69, 9.17) is 0 Å². The van der Waals surface area contributed by atoms with Crippen molar-refractivity contribution in [1.82, 2.24) is 4.72 Å². The Morgan fingerprint density at radius 1 is 1.29 bits per heavy atom. The fourth-order valence-corrected chi connectivity index (χ4v) is 5.03. The second-order valence-corrected chi connectivity index (χ2v) is 7.37. The lowest BCUT2D eigenvalue weighted by atomic mass is 9.86. The lowest BCUT2D eigenvalue weighted by Gasteiger charge is -2.30. The molecule has 2 aliphatic carbocycles. The van der Waals surface area contributed by atoms with Gasteiger partial charge in [0.1, 0.15) is 0 Å². The summed E-state index contributed by atoms with van der Waals surface area (Å²) in [7, 11) is -3.15. The predicted molar refractivity (Wildman–Crippen MR) is 67.0 cm³/mol. The molecule has 2 aliphatic rings. The topological polar surface area (TPSA) is 66.4 Å². The van der Waals surface area contributed by atoms with Gasteiger partial charge in [-0.15, -0.1) is 0 Å². The number of hydrogen-bond donors (Lipinski definition) is 2. The normalized spacial score (nSPS) is 36.6. The van der Waals surface area contributed by atoms with Crippen LogP contribution in [0.2, 0.25) is 0 Å². The van der Waals surface area contributed by atoms with Crippen LogP contribution in [0.3, 0.4) is 0 Å². The van der Waals surface area contributed by atoms with Gasteiger partial charge in [-0.1, -0.05) is 13.3 Å². The van der Waals surface area contributed by atoms with Gasteiger partial charge in [0.25, 0.3) is 0 Å². The summed E-state index contributed by atoms with van der Waals surface area (Å²) in [5.74, 6) is 1.35. The molecule has 0 radical (unpaired) electrons. The van der Waals surface area contributed by atoms with Gasteiger partial charge in [0.05, 0.1) is 5.75 Å². The lowest BCUT2D eigenvalue weighted by Crippen LogP contribution is -2.45. The summed E-state index contributed by atoms with van der Waals surface area (Å²) in [6.07, 6.45) is 4.96. The Kier molecular flexibility index (Phi) is 4.10. The number of sulfonamides is 1. The summed E-state index contributed by atoms with van der Waals surface area (Å²) in [5.41, 5.74) is 0. The van der Waals surface area contributed by atoms with Crippen molar-refractivity contribution in [3.05, 3.63) is 0 Å². The largest absolute Gasteiger partial charge is 0.396 e. The Bertz CT molecular complexity index is 355. The van der Waals surface area contributed by atoms with E-state index in [2.05, 4.69) is 4.72 Å². The fraction of sp³-hybridized carbons (Fsp3) is 1.00. The van der Waals surface area contributed by atoms with Crippen molar-refractivity contribution in [3.63, 3.8) is 0 Å². The van der Waals surface area contributed by atoms with E-state index in [9.17, 15) is 13.5 Å². The molecule has 2 bridgehead atoms. The van der Waals surface area contributed by atoms with Crippen LogP contribution in [0, 0.1) is 17.8 Å². The first kappa shape index (κ1) is 13.3. The number of unbranched alkanes of at least 4 members (excludes halogenated alkanes) is 1. The average molecular weight is 261 g/mol. The van der Waals surface area contributed by atoms with Crippen molar-refractivity contribution in [2.24, 2.45) is 17.8 Å². The number of rotatable bonds is 6. The van der Waals surface area contributed by atoms with Gasteiger partial charge in [-0.2, -0.15) is 0 Å². The molecule has 17 heavy (non-hydrogen) atoms. The minimum absolute atomic E-state index is 0.0133. The van der Waals surface area contributed by atoms with Crippen molar-refractivity contribution >= 4 is 10.0 Å². The maximum atomic E-state index is 11.9. The van der Waals surface area contributed by atoms with Crippen molar-refractivity contribution in [1.29, 1.82) is 0 Å². The van der Waals surface area contributed by atoms with Gasteiger partial charge < -0.3 is 5.11 Å². The molecule has 100 valence electrons. The Morgan fingerprint density at radius 2 is 2.00 bits per heavy atom. The molecule has 0 aromatic rings. The van der Waals surface area contributed by atoms with Gasteiger partial charge in [-0.3, -0.25) is 0 Å². The molecule has 0 aromatic carbocycles. The molecule has 2 rings (SSSR count). The highest BCUT2D eigenvalue weighted by atomic mass is 32.2. The SMILES string of the molecule is CCCCS(=O)(=O)N[C@@H]1[C@H]2CC[C@@H](C2)[C@@H]1CO. The second-order valence-electron chi connectivity index (χ2n) is 5.50. The van der Waals surface area contributed by atoms with E-state index in [0.29, 0.717) is 18.3 Å². The first-order chi connectivity index (χ1) is 8.07. The quantitative estimate of drug-likeness (QED) is 0.753. The third kappa shape index (κ3) is 2.83. The van der Waals surface area contributed by atoms with Gasteiger partial charge in [0.2, 0.25) is 10.0 Å². The first-order valence-electron chi connectivity index (χ1n) is 6.68. The van der Waals surface area contributed by atoms with E-state index in [1.165, 1.54) is 0 Å². The molecule has 0 saturated heterocycles. The van der Waals surface area contributed by atoms with Crippen molar-refractivity contribution in [3.8, 4) is 0 Å². The third-order valence-corrected chi connectivity index (χ3v) is 5.84. The highest BCUT2D eigenvalue weighted by Gasteiger charge is 2.48. The Hall–Kier alpha value is -0.130. The molecule has 0 aliphatic heterocycles. The minimum atomic E-state index is -3.15. The van der Waals surface area contributed by atoms with Crippen LogP contribution in [0.1, 0.15) is 39.0 Å².